The van der Waals surface area contributed by atoms with Crippen LogP contribution in [0.25, 0.3) is 0 Å². The predicted molar refractivity (Wildman–Crippen MR) is 63.4 cm³/mol. The van der Waals surface area contributed by atoms with Crippen molar-refractivity contribution in [3.05, 3.63) is 12.2 Å². The summed E-state index contributed by atoms with van der Waals surface area (Å²) in [5, 5.41) is 11.9. The zero-order valence-corrected chi connectivity index (χ0v) is 9.95. The quantitative estimate of drug-likeness (QED) is 0.578. The van der Waals surface area contributed by atoms with Crippen molar-refractivity contribution in [3.63, 3.8) is 0 Å². The Morgan fingerprint density at radius 2 is 2.12 bits per heavy atom. The average Bonchev–Trinajstić information content (AvgIpc) is 2.25. The minimum atomic E-state index is -1.12. The Labute approximate surface area is 101 Å². The van der Waals surface area contributed by atoms with Crippen LogP contribution in [0.5, 0.6) is 0 Å². The fourth-order valence-corrected chi connectivity index (χ4v) is 2.52. The van der Waals surface area contributed by atoms with Gasteiger partial charge in [-0.3, -0.25) is 9.59 Å². The maximum Gasteiger partial charge on any atom is 0.319 e. The van der Waals surface area contributed by atoms with Gasteiger partial charge in [0, 0.05) is 6.54 Å². The molecule has 1 fully saturated rings. The van der Waals surface area contributed by atoms with Gasteiger partial charge in [0.2, 0.25) is 5.91 Å². The normalized spacial score (nSPS) is 26.0. The summed E-state index contributed by atoms with van der Waals surface area (Å²) in [5.41, 5.74) is -1.12. The molecule has 0 bridgehead atoms. The van der Waals surface area contributed by atoms with Gasteiger partial charge in [-0.2, -0.15) is 0 Å². The second-order valence-electron chi connectivity index (χ2n) is 5.10. The number of rotatable bonds is 4. The lowest BCUT2D eigenvalue weighted by Gasteiger charge is -2.36. The second kappa shape index (κ2) is 4.90. The minimum Gasteiger partial charge on any atom is -0.480 e. The molecule has 0 aliphatic heterocycles. The predicted octanol–water partition coefficient (Wildman–Crippen LogP) is 1.71. The number of amides is 1. The molecule has 1 unspecified atom stereocenters. The van der Waals surface area contributed by atoms with Gasteiger partial charge in [-0.05, 0) is 38.0 Å². The highest BCUT2D eigenvalue weighted by Crippen LogP contribution is 2.41. The van der Waals surface area contributed by atoms with Crippen molar-refractivity contribution < 1.29 is 14.7 Å². The first kappa shape index (κ1) is 12.1. The van der Waals surface area contributed by atoms with E-state index in [4.69, 9.17) is 5.11 Å². The van der Waals surface area contributed by atoms with Crippen LogP contribution in [0.2, 0.25) is 0 Å². The third-order valence-electron chi connectivity index (χ3n) is 3.98. The Hall–Kier alpha value is -1.32. The molecule has 0 radical (unpaired) electrons. The fraction of sp³-hybridized carbons (Fsp3) is 0.692. The molecular weight excluding hydrogens is 218 g/mol. The Balaban J connectivity index is 1.84. The van der Waals surface area contributed by atoms with Gasteiger partial charge < -0.3 is 10.4 Å². The molecule has 0 saturated heterocycles. The standard InChI is InChI=1S/C13H19NO3/c15-11(13(12(16)17)7-4-8-13)14-9-10-5-2-1-3-6-10/h1-2,10H,3-9H2,(H,14,15)(H,16,17). The van der Waals surface area contributed by atoms with E-state index in [2.05, 4.69) is 17.5 Å². The zero-order valence-electron chi connectivity index (χ0n) is 9.95. The van der Waals surface area contributed by atoms with Crippen molar-refractivity contribution in [2.24, 2.45) is 11.3 Å². The lowest BCUT2D eigenvalue weighted by atomic mass is 9.68. The Kier molecular flexibility index (Phi) is 3.50. The third-order valence-corrected chi connectivity index (χ3v) is 3.98. The first-order valence-electron chi connectivity index (χ1n) is 6.32. The fourth-order valence-electron chi connectivity index (χ4n) is 2.52. The molecule has 94 valence electrons. The first-order valence-corrected chi connectivity index (χ1v) is 6.32. The molecule has 1 amide bonds. The largest absolute Gasteiger partial charge is 0.480 e. The Morgan fingerprint density at radius 1 is 1.35 bits per heavy atom. The lowest BCUT2D eigenvalue weighted by Crippen LogP contribution is -2.51. The molecule has 0 aromatic heterocycles. The van der Waals surface area contributed by atoms with Gasteiger partial charge in [0.15, 0.2) is 0 Å². The SMILES string of the molecule is O=C(O)C1(C(=O)NCC2CC=CCC2)CCC1. The molecule has 0 aromatic rings. The van der Waals surface area contributed by atoms with Crippen LogP contribution >= 0.6 is 0 Å². The van der Waals surface area contributed by atoms with Crippen LogP contribution in [0, 0.1) is 11.3 Å². The first-order chi connectivity index (χ1) is 8.15. The van der Waals surface area contributed by atoms with Crippen LogP contribution < -0.4 is 5.32 Å². The summed E-state index contributed by atoms with van der Waals surface area (Å²) in [6.07, 6.45) is 9.23. The summed E-state index contributed by atoms with van der Waals surface area (Å²) < 4.78 is 0. The Morgan fingerprint density at radius 3 is 2.59 bits per heavy atom. The van der Waals surface area contributed by atoms with E-state index in [9.17, 15) is 9.59 Å². The number of hydrogen-bond acceptors (Lipinski definition) is 2. The van der Waals surface area contributed by atoms with E-state index < -0.39 is 11.4 Å². The summed E-state index contributed by atoms with van der Waals surface area (Å²) >= 11 is 0. The van der Waals surface area contributed by atoms with E-state index in [1.54, 1.807) is 0 Å². The topological polar surface area (TPSA) is 66.4 Å². The highest BCUT2D eigenvalue weighted by Gasteiger charge is 2.51. The average molecular weight is 237 g/mol. The molecule has 2 rings (SSSR count). The minimum absolute atomic E-state index is 0.286. The molecule has 17 heavy (non-hydrogen) atoms. The van der Waals surface area contributed by atoms with E-state index in [0.717, 1.165) is 25.7 Å². The molecular formula is C13H19NO3. The second-order valence-corrected chi connectivity index (χ2v) is 5.10. The number of carbonyl (C=O) groups excluding carboxylic acids is 1. The maximum atomic E-state index is 11.9. The number of allylic oxidation sites excluding steroid dienone is 2. The summed E-state index contributed by atoms with van der Waals surface area (Å²) in [6, 6.07) is 0. The Bertz CT molecular complexity index is 345. The molecule has 2 aliphatic rings. The molecule has 4 nitrogen and oxygen atoms in total. The van der Waals surface area contributed by atoms with Crippen LogP contribution in [0.3, 0.4) is 0 Å². The van der Waals surface area contributed by atoms with Crippen molar-refractivity contribution in [1.82, 2.24) is 5.32 Å². The van der Waals surface area contributed by atoms with Crippen molar-refractivity contribution in [2.45, 2.75) is 38.5 Å². The molecule has 2 aliphatic carbocycles. The van der Waals surface area contributed by atoms with Crippen LogP contribution in [0.4, 0.5) is 0 Å². The monoisotopic (exact) mass is 237 g/mol. The molecule has 0 heterocycles. The number of hydrogen-bond donors (Lipinski definition) is 2. The number of nitrogens with one attached hydrogen (secondary N) is 1. The lowest BCUT2D eigenvalue weighted by molar-refractivity contribution is -0.162. The molecule has 0 aromatic carbocycles. The number of aliphatic carboxylic acids is 1. The van der Waals surface area contributed by atoms with Crippen LogP contribution in [-0.2, 0) is 9.59 Å². The van der Waals surface area contributed by atoms with Gasteiger partial charge in [-0.15, -0.1) is 0 Å². The summed E-state index contributed by atoms with van der Waals surface area (Å²) in [5.74, 6) is -0.787. The van der Waals surface area contributed by atoms with Gasteiger partial charge in [0.05, 0.1) is 0 Å². The van der Waals surface area contributed by atoms with E-state index in [0.29, 0.717) is 25.3 Å². The van der Waals surface area contributed by atoms with Crippen molar-refractivity contribution in [2.75, 3.05) is 6.54 Å². The van der Waals surface area contributed by atoms with Crippen LogP contribution in [-0.4, -0.2) is 23.5 Å². The van der Waals surface area contributed by atoms with Gasteiger partial charge in [-0.1, -0.05) is 18.6 Å². The smallest absolute Gasteiger partial charge is 0.319 e. The zero-order chi connectivity index (χ0) is 12.3. The highest BCUT2D eigenvalue weighted by molar-refractivity contribution is 6.02. The summed E-state index contributed by atoms with van der Waals surface area (Å²) in [7, 11) is 0. The molecule has 2 N–H and O–H groups in total. The number of carbonyl (C=O) groups is 2. The van der Waals surface area contributed by atoms with E-state index in [-0.39, 0.29) is 5.91 Å². The van der Waals surface area contributed by atoms with Crippen molar-refractivity contribution in [1.29, 1.82) is 0 Å². The third kappa shape index (κ3) is 2.35. The van der Waals surface area contributed by atoms with E-state index in [1.807, 2.05) is 0 Å². The molecule has 1 saturated carbocycles. The maximum absolute atomic E-state index is 11.9. The van der Waals surface area contributed by atoms with Gasteiger partial charge in [0.25, 0.3) is 0 Å². The molecule has 4 heteroatoms. The summed E-state index contributed by atoms with van der Waals surface area (Å²) in [4.78, 5) is 23.0. The van der Waals surface area contributed by atoms with Crippen molar-refractivity contribution >= 4 is 11.9 Å². The van der Waals surface area contributed by atoms with Gasteiger partial charge in [0.1, 0.15) is 5.41 Å². The molecule has 0 spiro atoms. The van der Waals surface area contributed by atoms with Crippen molar-refractivity contribution in [3.8, 4) is 0 Å². The van der Waals surface area contributed by atoms with Gasteiger partial charge in [-0.25, -0.2) is 0 Å². The number of carboxylic acid groups (broad SMARTS) is 1. The molecule has 1 atom stereocenters. The number of carboxylic acids is 1. The van der Waals surface area contributed by atoms with Crippen LogP contribution in [0.1, 0.15) is 38.5 Å². The van der Waals surface area contributed by atoms with Gasteiger partial charge >= 0.3 is 5.97 Å². The van der Waals surface area contributed by atoms with E-state index in [1.165, 1.54) is 0 Å². The van der Waals surface area contributed by atoms with Crippen LogP contribution in [0.15, 0.2) is 12.2 Å². The summed E-state index contributed by atoms with van der Waals surface area (Å²) in [6.45, 7) is 0.609. The highest BCUT2D eigenvalue weighted by atomic mass is 16.4. The van der Waals surface area contributed by atoms with E-state index >= 15 is 0 Å².